The lowest BCUT2D eigenvalue weighted by atomic mass is 10.1. The molecule has 7 heteroatoms. The number of pyridine rings is 1. The molecule has 0 saturated heterocycles. The van der Waals surface area contributed by atoms with Crippen molar-refractivity contribution >= 4 is 23.0 Å². The van der Waals surface area contributed by atoms with E-state index in [4.69, 9.17) is 0 Å². The van der Waals surface area contributed by atoms with Gasteiger partial charge in [0.1, 0.15) is 5.65 Å². The standard InChI is InChI=1S/C17H14N4O2S/c1-10-3-4-15(24-10)14-7-18-16-13(12-6-19-20(2)8-12)5-11(17(22)23)9-21(14)16/h3-9H,1-2H3,(H,22,23). The molecule has 0 aliphatic rings. The van der Waals surface area contributed by atoms with Gasteiger partial charge in [0.2, 0.25) is 0 Å². The van der Waals surface area contributed by atoms with Gasteiger partial charge in [0.25, 0.3) is 0 Å². The van der Waals surface area contributed by atoms with Crippen LogP contribution in [0, 0.1) is 6.92 Å². The molecule has 24 heavy (non-hydrogen) atoms. The lowest BCUT2D eigenvalue weighted by Gasteiger charge is -2.06. The summed E-state index contributed by atoms with van der Waals surface area (Å²) in [6.45, 7) is 2.04. The monoisotopic (exact) mass is 338 g/mol. The highest BCUT2D eigenvalue weighted by atomic mass is 32.1. The van der Waals surface area contributed by atoms with Gasteiger partial charge in [-0.1, -0.05) is 0 Å². The molecule has 0 aliphatic carbocycles. The van der Waals surface area contributed by atoms with Crippen LogP contribution in [0.1, 0.15) is 15.2 Å². The van der Waals surface area contributed by atoms with E-state index >= 15 is 0 Å². The number of hydrogen-bond acceptors (Lipinski definition) is 4. The van der Waals surface area contributed by atoms with Crippen LogP contribution in [0.2, 0.25) is 0 Å². The number of aryl methyl sites for hydroxylation is 2. The topological polar surface area (TPSA) is 72.4 Å². The molecule has 4 aromatic rings. The molecule has 4 heterocycles. The Morgan fingerprint density at radius 2 is 2.08 bits per heavy atom. The Labute approximate surface area is 141 Å². The zero-order valence-corrected chi connectivity index (χ0v) is 13.9. The molecular weight excluding hydrogens is 324 g/mol. The molecule has 0 amide bonds. The summed E-state index contributed by atoms with van der Waals surface area (Å²) in [7, 11) is 1.83. The Balaban J connectivity index is 2.02. The summed E-state index contributed by atoms with van der Waals surface area (Å²) in [5, 5.41) is 13.6. The first-order valence-corrected chi connectivity index (χ1v) is 8.15. The highest BCUT2D eigenvalue weighted by Crippen LogP contribution is 2.32. The first kappa shape index (κ1) is 14.6. The van der Waals surface area contributed by atoms with Gasteiger partial charge in [-0.2, -0.15) is 5.10 Å². The van der Waals surface area contributed by atoms with Crippen molar-refractivity contribution in [3.05, 3.63) is 53.4 Å². The SMILES string of the molecule is Cc1ccc(-c2cnc3c(-c4cnn(C)c4)cc(C(=O)O)cn23)s1. The van der Waals surface area contributed by atoms with Crippen molar-refractivity contribution in [2.45, 2.75) is 6.92 Å². The van der Waals surface area contributed by atoms with Crippen molar-refractivity contribution < 1.29 is 9.90 Å². The van der Waals surface area contributed by atoms with Gasteiger partial charge < -0.3 is 5.11 Å². The minimum Gasteiger partial charge on any atom is -0.478 e. The second kappa shape index (κ2) is 5.31. The van der Waals surface area contributed by atoms with Crippen molar-refractivity contribution in [3.63, 3.8) is 0 Å². The highest BCUT2D eigenvalue weighted by Gasteiger charge is 2.17. The summed E-state index contributed by atoms with van der Waals surface area (Å²) in [6.07, 6.45) is 6.97. The third-order valence-corrected chi connectivity index (χ3v) is 4.88. The largest absolute Gasteiger partial charge is 0.478 e. The molecule has 0 bridgehead atoms. The molecule has 0 saturated carbocycles. The number of aromatic carboxylic acids is 1. The molecule has 6 nitrogen and oxygen atoms in total. The normalized spacial score (nSPS) is 11.2. The fourth-order valence-electron chi connectivity index (χ4n) is 2.73. The maximum absolute atomic E-state index is 11.6. The van der Waals surface area contributed by atoms with E-state index < -0.39 is 5.97 Å². The van der Waals surface area contributed by atoms with Crippen molar-refractivity contribution in [1.29, 1.82) is 0 Å². The van der Waals surface area contributed by atoms with Gasteiger partial charge in [0.15, 0.2) is 0 Å². The number of nitrogens with zero attached hydrogens (tertiary/aromatic N) is 4. The maximum Gasteiger partial charge on any atom is 0.337 e. The van der Waals surface area contributed by atoms with E-state index in [1.54, 1.807) is 40.7 Å². The molecule has 0 atom stereocenters. The summed E-state index contributed by atoms with van der Waals surface area (Å²) in [5.74, 6) is -0.968. The third kappa shape index (κ3) is 2.30. The number of carboxylic acid groups (broad SMARTS) is 1. The fourth-order valence-corrected chi connectivity index (χ4v) is 3.61. The number of hydrogen-bond donors (Lipinski definition) is 1. The predicted molar refractivity (Wildman–Crippen MR) is 92.4 cm³/mol. The van der Waals surface area contributed by atoms with Crippen molar-refractivity contribution in [3.8, 4) is 21.7 Å². The maximum atomic E-state index is 11.6. The van der Waals surface area contributed by atoms with Crippen LogP contribution in [0.25, 0.3) is 27.3 Å². The minimum absolute atomic E-state index is 0.217. The number of fused-ring (bicyclic) bond motifs is 1. The van der Waals surface area contributed by atoms with E-state index in [0.717, 1.165) is 21.7 Å². The third-order valence-electron chi connectivity index (χ3n) is 3.86. The molecule has 4 aromatic heterocycles. The average molecular weight is 338 g/mol. The first-order chi connectivity index (χ1) is 11.5. The summed E-state index contributed by atoms with van der Waals surface area (Å²) in [5.41, 5.74) is 3.41. The second-order valence-corrected chi connectivity index (χ2v) is 6.89. The summed E-state index contributed by atoms with van der Waals surface area (Å²) < 4.78 is 3.53. The second-order valence-electron chi connectivity index (χ2n) is 5.60. The first-order valence-electron chi connectivity index (χ1n) is 7.33. The van der Waals surface area contributed by atoms with Gasteiger partial charge in [-0.05, 0) is 25.1 Å². The zero-order valence-electron chi connectivity index (χ0n) is 13.1. The fraction of sp³-hybridized carbons (Fsp3) is 0.118. The predicted octanol–water partition coefficient (Wildman–Crippen LogP) is 3.47. The van der Waals surface area contributed by atoms with Crippen LogP contribution in [0.5, 0.6) is 0 Å². The van der Waals surface area contributed by atoms with E-state index in [1.807, 2.05) is 36.7 Å². The molecule has 0 aliphatic heterocycles. The van der Waals surface area contributed by atoms with E-state index in [2.05, 4.69) is 10.1 Å². The molecular formula is C17H14N4O2S. The number of carboxylic acids is 1. The Hall–Kier alpha value is -2.93. The molecule has 0 aromatic carbocycles. The molecule has 1 N–H and O–H groups in total. The molecule has 0 fully saturated rings. The van der Waals surface area contributed by atoms with E-state index in [0.29, 0.717) is 5.65 Å². The van der Waals surface area contributed by atoms with Crippen LogP contribution in [0.15, 0.2) is 43.0 Å². The van der Waals surface area contributed by atoms with Gasteiger partial charge in [-0.25, -0.2) is 9.78 Å². The number of rotatable bonds is 3. The number of imidazole rings is 1. The zero-order chi connectivity index (χ0) is 16.8. The summed E-state index contributed by atoms with van der Waals surface area (Å²) in [4.78, 5) is 18.3. The van der Waals surface area contributed by atoms with E-state index in [9.17, 15) is 9.90 Å². The highest BCUT2D eigenvalue weighted by molar-refractivity contribution is 7.15. The van der Waals surface area contributed by atoms with E-state index in [1.165, 1.54) is 4.88 Å². The van der Waals surface area contributed by atoms with Crippen molar-refractivity contribution in [1.82, 2.24) is 19.2 Å². The van der Waals surface area contributed by atoms with Crippen LogP contribution >= 0.6 is 11.3 Å². The van der Waals surface area contributed by atoms with Crippen LogP contribution in [-0.2, 0) is 7.05 Å². The van der Waals surface area contributed by atoms with Gasteiger partial charge >= 0.3 is 5.97 Å². The van der Waals surface area contributed by atoms with Gasteiger partial charge in [0.05, 0.1) is 28.5 Å². The number of aromatic nitrogens is 4. The number of thiophene rings is 1. The number of carbonyl (C=O) groups is 1. The Bertz CT molecular complexity index is 1070. The molecule has 0 spiro atoms. The van der Waals surface area contributed by atoms with Crippen molar-refractivity contribution in [2.24, 2.45) is 7.05 Å². The van der Waals surface area contributed by atoms with Gasteiger partial charge in [-0.3, -0.25) is 9.08 Å². The lowest BCUT2D eigenvalue weighted by molar-refractivity contribution is 0.0696. The van der Waals surface area contributed by atoms with Crippen LogP contribution in [0.3, 0.4) is 0 Å². The van der Waals surface area contributed by atoms with Crippen LogP contribution in [-0.4, -0.2) is 30.2 Å². The molecule has 4 rings (SSSR count). The Morgan fingerprint density at radius 1 is 1.25 bits per heavy atom. The minimum atomic E-state index is -0.968. The molecule has 0 radical (unpaired) electrons. The summed E-state index contributed by atoms with van der Waals surface area (Å²) >= 11 is 1.66. The summed E-state index contributed by atoms with van der Waals surface area (Å²) in [6, 6.07) is 5.72. The Kier molecular flexibility index (Phi) is 3.24. The lowest BCUT2D eigenvalue weighted by Crippen LogP contribution is -2.01. The van der Waals surface area contributed by atoms with E-state index in [-0.39, 0.29) is 5.56 Å². The van der Waals surface area contributed by atoms with Crippen LogP contribution < -0.4 is 0 Å². The van der Waals surface area contributed by atoms with Crippen LogP contribution in [0.4, 0.5) is 0 Å². The molecule has 0 unspecified atom stereocenters. The van der Waals surface area contributed by atoms with Gasteiger partial charge in [0, 0.05) is 35.4 Å². The van der Waals surface area contributed by atoms with Gasteiger partial charge in [-0.15, -0.1) is 11.3 Å². The van der Waals surface area contributed by atoms with Crippen molar-refractivity contribution in [2.75, 3.05) is 0 Å². The Morgan fingerprint density at radius 3 is 2.71 bits per heavy atom. The smallest absolute Gasteiger partial charge is 0.337 e. The average Bonchev–Trinajstić information content (AvgIpc) is 3.25. The quantitative estimate of drug-likeness (QED) is 0.621. The molecule has 120 valence electrons.